The summed E-state index contributed by atoms with van der Waals surface area (Å²) >= 11 is 0. The molecule has 0 saturated heterocycles. The lowest BCUT2D eigenvalue weighted by atomic mass is 9.85. The number of hydrogen-bond acceptors (Lipinski definition) is 5. The first kappa shape index (κ1) is 17.7. The SMILES string of the molecule is CC(C)(C)N(C(=O)O)[C@H]1C[C@H](Oc2nccnc2C2=CCOCC2)C1. The van der Waals surface area contributed by atoms with Crippen molar-refractivity contribution in [3.63, 3.8) is 0 Å². The van der Waals surface area contributed by atoms with Crippen LogP contribution < -0.4 is 4.74 Å². The molecule has 0 spiro atoms. The van der Waals surface area contributed by atoms with E-state index in [2.05, 4.69) is 9.97 Å². The Hall–Kier alpha value is -2.15. The molecule has 2 aliphatic rings. The standard InChI is InChI=1S/C18H25N3O4/c1-18(2,3)21(17(22)23)13-10-14(11-13)25-16-15(19-6-7-20-16)12-4-8-24-9-5-12/h4,6-7,13-14H,5,8-11H2,1-3H3,(H,22,23)/t13-,14-. The molecule has 1 fully saturated rings. The highest BCUT2D eigenvalue weighted by molar-refractivity contribution is 5.67. The Morgan fingerprint density at radius 3 is 2.64 bits per heavy atom. The van der Waals surface area contributed by atoms with E-state index in [1.165, 1.54) is 4.90 Å². The molecule has 136 valence electrons. The lowest BCUT2D eigenvalue weighted by Crippen LogP contribution is -2.58. The van der Waals surface area contributed by atoms with Gasteiger partial charge in [-0.3, -0.25) is 0 Å². The predicted molar refractivity (Wildman–Crippen MR) is 92.5 cm³/mol. The number of ether oxygens (including phenoxy) is 2. The molecule has 0 radical (unpaired) electrons. The number of hydrogen-bond donors (Lipinski definition) is 1. The lowest BCUT2D eigenvalue weighted by molar-refractivity contribution is -0.0151. The molecule has 1 aliphatic heterocycles. The summed E-state index contributed by atoms with van der Waals surface area (Å²) in [5.41, 5.74) is 1.43. The molecule has 0 atom stereocenters. The van der Waals surface area contributed by atoms with Gasteiger partial charge in [0, 0.05) is 36.8 Å². The van der Waals surface area contributed by atoms with Gasteiger partial charge in [-0.15, -0.1) is 0 Å². The van der Waals surface area contributed by atoms with Gasteiger partial charge in [-0.05, 0) is 32.8 Å². The Labute approximate surface area is 147 Å². The van der Waals surface area contributed by atoms with Crippen molar-refractivity contribution >= 4 is 11.7 Å². The molecule has 1 aromatic rings. The van der Waals surface area contributed by atoms with Crippen LogP contribution in [0.15, 0.2) is 18.5 Å². The zero-order valence-electron chi connectivity index (χ0n) is 14.9. The molecule has 1 aromatic heterocycles. The summed E-state index contributed by atoms with van der Waals surface area (Å²) in [6.45, 7) is 6.98. The smallest absolute Gasteiger partial charge is 0.407 e. The van der Waals surface area contributed by atoms with Crippen LogP contribution >= 0.6 is 0 Å². The Bertz CT molecular complexity index is 663. The molecule has 2 heterocycles. The van der Waals surface area contributed by atoms with Crippen molar-refractivity contribution in [3.05, 3.63) is 24.2 Å². The third-order valence-corrected chi connectivity index (χ3v) is 4.57. The van der Waals surface area contributed by atoms with Gasteiger partial charge in [0.25, 0.3) is 0 Å². The number of aromatic nitrogens is 2. The van der Waals surface area contributed by atoms with Crippen LogP contribution in [0, 0.1) is 0 Å². The van der Waals surface area contributed by atoms with E-state index in [0.717, 1.165) is 17.7 Å². The van der Waals surface area contributed by atoms with E-state index in [0.29, 0.717) is 31.9 Å². The highest BCUT2D eigenvalue weighted by Gasteiger charge is 2.42. The number of nitrogens with zero attached hydrogens (tertiary/aromatic N) is 3. The summed E-state index contributed by atoms with van der Waals surface area (Å²) in [7, 11) is 0. The summed E-state index contributed by atoms with van der Waals surface area (Å²) in [6.07, 6.45) is 6.49. The van der Waals surface area contributed by atoms with Crippen LogP contribution in [-0.2, 0) is 4.74 Å². The van der Waals surface area contributed by atoms with E-state index in [1.54, 1.807) is 12.4 Å². The molecule has 0 unspecified atom stereocenters. The van der Waals surface area contributed by atoms with Crippen LogP contribution in [-0.4, -0.2) is 57.0 Å². The van der Waals surface area contributed by atoms with Gasteiger partial charge in [-0.25, -0.2) is 14.8 Å². The molecule has 0 bridgehead atoms. The summed E-state index contributed by atoms with van der Waals surface area (Å²) in [6, 6.07) is -0.0232. The van der Waals surface area contributed by atoms with Gasteiger partial charge >= 0.3 is 6.09 Å². The molecule has 1 amide bonds. The maximum Gasteiger partial charge on any atom is 0.407 e. The molecule has 3 rings (SSSR count). The van der Waals surface area contributed by atoms with Crippen LogP contribution in [0.1, 0.15) is 45.7 Å². The first-order valence-electron chi connectivity index (χ1n) is 8.63. The highest BCUT2D eigenvalue weighted by atomic mass is 16.5. The molecular weight excluding hydrogens is 322 g/mol. The van der Waals surface area contributed by atoms with Crippen molar-refractivity contribution < 1.29 is 19.4 Å². The minimum atomic E-state index is -0.886. The topological polar surface area (TPSA) is 84.8 Å². The van der Waals surface area contributed by atoms with Gasteiger partial charge in [-0.1, -0.05) is 6.08 Å². The number of carbonyl (C=O) groups is 1. The fourth-order valence-electron chi connectivity index (χ4n) is 3.37. The summed E-state index contributed by atoms with van der Waals surface area (Å²) in [5, 5.41) is 9.48. The average molecular weight is 347 g/mol. The third kappa shape index (κ3) is 3.92. The first-order valence-corrected chi connectivity index (χ1v) is 8.63. The van der Waals surface area contributed by atoms with Crippen molar-refractivity contribution in [2.24, 2.45) is 0 Å². The van der Waals surface area contributed by atoms with Crippen LogP contribution in [0.25, 0.3) is 5.57 Å². The van der Waals surface area contributed by atoms with Crippen LogP contribution in [0.5, 0.6) is 5.88 Å². The second-order valence-corrected chi connectivity index (χ2v) is 7.45. The van der Waals surface area contributed by atoms with Crippen LogP contribution in [0.2, 0.25) is 0 Å². The Morgan fingerprint density at radius 2 is 2.04 bits per heavy atom. The molecule has 25 heavy (non-hydrogen) atoms. The zero-order valence-corrected chi connectivity index (χ0v) is 14.9. The van der Waals surface area contributed by atoms with Crippen LogP contribution in [0.3, 0.4) is 0 Å². The maximum absolute atomic E-state index is 11.5. The van der Waals surface area contributed by atoms with Gasteiger partial charge in [-0.2, -0.15) is 0 Å². The number of rotatable bonds is 4. The second kappa shape index (κ2) is 7.00. The van der Waals surface area contributed by atoms with E-state index >= 15 is 0 Å². The van der Waals surface area contributed by atoms with Crippen molar-refractivity contribution in [2.45, 2.75) is 57.7 Å². The lowest BCUT2D eigenvalue weighted by Gasteiger charge is -2.46. The van der Waals surface area contributed by atoms with Crippen molar-refractivity contribution in [2.75, 3.05) is 13.2 Å². The fraction of sp³-hybridized carbons (Fsp3) is 0.611. The van der Waals surface area contributed by atoms with E-state index in [9.17, 15) is 9.90 Å². The monoisotopic (exact) mass is 347 g/mol. The predicted octanol–water partition coefficient (Wildman–Crippen LogP) is 2.97. The molecule has 1 aliphatic carbocycles. The number of carboxylic acid groups (broad SMARTS) is 1. The summed E-state index contributed by atoms with van der Waals surface area (Å²) in [5.74, 6) is 0.525. The quantitative estimate of drug-likeness (QED) is 0.901. The van der Waals surface area contributed by atoms with E-state index < -0.39 is 11.6 Å². The third-order valence-electron chi connectivity index (χ3n) is 4.57. The molecular formula is C18H25N3O4. The molecule has 1 saturated carbocycles. The molecule has 7 heteroatoms. The van der Waals surface area contributed by atoms with E-state index in [1.807, 2.05) is 26.8 Å². The second-order valence-electron chi connectivity index (χ2n) is 7.45. The molecule has 0 aromatic carbocycles. The normalized spacial score (nSPS) is 23.4. The Kier molecular flexibility index (Phi) is 4.94. The summed E-state index contributed by atoms with van der Waals surface area (Å²) in [4.78, 5) is 21.8. The van der Waals surface area contributed by atoms with Gasteiger partial charge in [0.1, 0.15) is 11.8 Å². The van der Waals surface area contributed by atoms with Crippen molar-refractivity contribution in [3.8, 4) is 5.88 Å². The molecule has 7 nitrogen and oxygen atoms in total. The van der Waals surface area contributed by atoms with Crippen molar-refractivity contribution in [1.82, 2.24) is 14.9 Å². The van der Waals surface area contributed by atoms with Crippen molar-refractivity contribution in [1.29, 1.82) is 0 Å². The number of amides is 1. The Balaban J connectivity index is 1.66. The maximum atomic E-state index is 11.5. The zero-order chi connectivity index (χ0) is 18.0. The average Bonchev–Trinajstić information content (AvgIpc) is 2.52. The minimum Gasteiger partial charge on any atom is -0.473 e. The van der Waals surface area contributed by atoms with E-state index in [4.69, 9.17) is 9.47 Å². The first-order chi connectivity index (χ1) is 11.9. The highest BCUT2D eigenvalue weighted by Crippen LogP contribution is 2.35. The molecule has 1 N–H and O–H groups in total. The van der Waals surface area contributed by atoms with Crippen LogP contribution in [0.4, 0.5) is 4.79 Å². The van der Waals surface area contributed by atoms with Gasteiger partial charge in [0.2, 0.25) is 5.88 Å². The van der Waals surface area contributed by atoms with Gasteiger partial charge in [0.05, 0.1) is 13.2 Å². The largest absolute Gasteiger partial charge is 0.473 e. The van der Waals surface area contributed by atoms with Gasteiger partial charge < -0.3 is 19.5 Å². The minimum absolute atomic E-state index is 0.0232. The van der Waals surface area contributed by atoms with E-state index in [-0.39, 0.29) is 12.1 Å². The summed E-state index contributed by atoms with van der Waals surface area (Å²) < 4.78 is 11.4. The Morgan fingerprint density at radius 1 is 1.32 bits per heavy atom. The van der Waals surface area contributed by atoms with Gasteiger partial charge in [0.15, 0.2) is 0 Å². The fourth-order valence-corrected chi connectivity index (χ4v) is 3.37.